The number of aliphatic imine (C=N–C) groups is 1. The molecule has 0 heterocycles. The van der Waals surface area contributed by atoms with E-state index >= 15 is 0 Å². The lowest BCUT2D eigenvalue weighted by atomic mass is 9.96. The molecule has 1 unspecified atom stereocenters. The van der Waals surface area contributed by atoms with E-state index in [9.17, 15) is 44.1 Å². The number of carboxylic acid groups (broad SMARTS) is 1. The quantitative estimate of drug-likeness (QED) is 0.0404. The lowest BCUT2D eigenvalue weighted by Gasteiger charge is -2.31. The molecule has 0 aliphatic carbocycles. The Morgan fingerprint density at radius 2 is 1.25 bits per heavy atom. The number of guanidine groups is 1. The first-order valence-corrected chi connectivity index (χ1v) is 17.3. The van der Waals surface area contributed by atoms with Gasteiger partial charge in [0.05, 0.1) is 12.2 Å². The van der Waals surface area contributed by atoms with E-state index < -0.39 is 95.5 Å². The van der Waals surface area contributed by atoms with E-state index in [0.717, 1.165) is 0 Å². The number of carbonyl (C=O) groups excluding carboxylic acids is 5. The van der Waals surface area contributed by atoms with Crippen molar-refractivity contribution in [3.8, 4) is 0 Å². The van der Waals surface area contributed by atoms with Crippen LogP contribution in [0.4, 0.5) is 4.79 Å². The number of rotatable bonds is 21. The molecule has 0 saturated heterocycles. The Morgan fingerprint density at radius 1 is 0.745 bits per heavy atom. The van der Waals surface area contributed by atoms with Gasteiger partial charge in [0.15, 0.2) is 12.0 Å². The molecule has 51 heavy (non-hydrogen) atoms. The van der Waals surface area contributed by atoms with E-state index in [4.69, 9.17) is 16.2 Å². The first-order chi connectivity index (χ1) is 23.4. The van der Waals surface area contributed by atoms with Gasteiger partial charge in [-0.15, -0.1) is 0 Å². The van der Waals surface area contributed by atoms with Crippen LogP contribution in [0, 0.1) is 17.8 Å². The summed E-state index contributed by atoms with van der Waals surface area (Å²) in [5.74, 6) is -6.04. The molecule has 294 valence electrons. The van der Waals surface area contributed by atoms with Gasteiger partial charge < -0.3 is 58.1 Å². The van der Waals surface area contributed by atoms with Crippen molar-refractivity contribution in [1.82, 2.24) is 26.6 Å². The van der Waals surface area contributed by atoms with Crippen molar-refractivity contribution in [1.29, 1.82) is 0 Å². The van der Waals surface area contributed by atoms with Gasteiger partial charge in [-0.05, 0) is 64.7 Å². The largest absolute Gasteiger partial charge is 0.480 e. The van der Waals surface area contributed by atoms with Crippen LogP contribution in [0.25, 0.3) is 0 Å². The van der Waals surface area contributed by atoms with Crippen molar-refractivity contribution in [2.24, 2.45) is 34.2 Å². The third kappa shape index (κ3) is 18.0. The Morgan fingerprint density at radius 3 is 1.71 bits per heavy atom. The molecular formula is C33H62N8O10. The third-order valence-corrected chi connectivity index (χ3v) is 7.74. The van der Waals surface area contributed by atoms with Gasteiger partial charge in [-0.2, -0.15) is 0 Å². The fourth-order valence-electron chi connectivity index (χ4n) is 4.72. The molecule has 0 rings (SSSR count). The molecule has 18 nitrogen and oxygen atoms in total. The monoisotopic (exact) mass is 730 g/mol. The molecule has 8 atom stereocenters. The van der Waals surface area contributed by atoms with E-state index in [-0.39, 0.29) is 37.7 Å². The fourth-order valence-corrected chi connectivity index (χ4v) is 4.72. The van der Waals surface area contributed by atoms with E-state index in [2.05, 4.69) is 31.6 Å². The van der Waals surface area contributed by atoms with Crippen molar-refractivity contribution >= 4 is 41.7 Å². The highest BCUT2D eigenvalue weighted by Gasteiger charge is 2.37. The second-order valence-electron chi connectivity index (χ2n) is 14.5. The zero-order valence-corrected chi connectivity index (χ0v) is 31.6. The average Bonchev–Trinajstić information content (AvgIpc) is 2.99. The number of ether oxygens (including phenoxy) is 1. The molecule has 0 fully saturated rings. The van der Waals surface area contributed by atoms with Gasteiger partial charge in [0, 0.05) is 6.54 Å². The van der Waals surface area contributed by atoms with Crippen LogP contribution < -0.4 is 38.1 Å². The van der Waals surface area contributed by atoms with Gasteiger partial charge >= 0.3 is 12.1 Å². The summed E-state index contributed by atoms with van der Waals surface area (Å²) in [7, 11) is 0. The highest BCUT2D eigenvalue weighted by molar-refractivity contribution is 5.96. The first kappa shape index (κ1) is 46.8. The number of nitrogens with one attached hydrogen (secondary N) is 5. The minimum Gasteiger partial charge on any atom is -0.480 e. The number of hydrogen-bond acceptors (Lipinski definition) is 10. The summed E-state index contributed by atoms with van der Waals surface area (Å²) in [5.41, 5.74) is 9.94. The highest BCUT2D eigenvalue weighted by atomic mass is 16.6. The Hall–Kier alpha value is -4.19. The van der Waals surface area contributed by atoms with E-state index in [1.807, 2.05) is 0 Å². The SMILES string of the molecule is CCC(C)[C@H](NC(=O)[C@@H](CCCN=C(N)N)NC(=O)[C@H](CC(C)C)NC(=O)[C@@H](NC(=O)OC(C)(C)C)[C@H](O)C(C)C)C(=O)N[C@H](C(=O)O)[C@H](C)O. The van der Waals surface area contributed by atoms with Crippen molar-refractivity contribution in [3.05, 3.63) is 0 Å². The molecule has 0 aromatic heterocycles. The van der Waals surface area contributed by atoms with Crippen LogP contribution in [0.2, 0.25) is 0 Å². The summed E-state index contributed by atoms with van der Waals surface area (Å²) >= 11 is 0. The van der Waals surface area contributed by atoms with Gasteiger partial charge in [-0.25, -0.2) is 9.59 Å². The maximum Gasteiger partial charge on any atom is 0.408 e. The summed E-state index contributed by atoms with van der Waals surface area (Å²) in [6, 6.07) is -6.89. The summed E-state index contributed by atoms with van der Waals surface area (Å²) in [5, 5.41) is 42.6. The lowest BCUT2D eigenvalue weighted by molar-refractivity contribution is -0.145. The second-order valence-corrected chi connectivity index (χ2v) is 14.5. The van der Waals surface area contributed by atoms with Gasteiger partial charge in [-0.3, -0.25) is 24.2 Å². The Kier molecular flexibility index (Phi) is 20.1. The van der Waals surface area contributed by atoms with E-state index in [1.165, 1.54) is 6.92 Å². The number of carbonyl (C=O) groups is 6. The zero-order valence-electron chi connectivity index (χ0n) is 31.6. The highest BCUT2D eigenvalue weighted by Crippen LogP contribution is 2.14. The summed E-state index contributed by atoms with van der Waals surface area (Å²) in [4.78, 5) is 82.4. The van der Waals surface area contributed by atoms with Crippen molar-refractivity contribution < 1.29 is 48.8 Å². The van der Waals surface area contributed by atoms with Crippen molar-refractivity contribution in [2.75, 3.05) is 6.54 Å². The van der Waals surface area contributed by atoms with Crippen LogP contribution in [0.1, 0.15) is 94.9 Å². The number of alkyl carbamates (subject to hydrolysis) is 1. The van der Waals surface area contributed by atoms with Crippen molar-refractivity contribution in [3.63, 3.8) is 0 Å². The predicted octanol–water partition coefficient (Wildman–Crippen LogP) is -0.553. The topological polar surface area (TPSA) is 297 Å². The molecule has 12 N–H and O–H groups in total. The van der Waals surface area contributed by atoms with Crippen LogP contribution >= 0.6 is 0 Å². The number of hydrogen-bond donors (Lipinski definition) is 10. The number of nitrogens with zero attached hydrogens (tertiary/aromatic N) is 1. The van der Waals surface area contributed by atoms with Crippen LogP contribution in [-0.2, 0) is 28.7 Å². The van der Waals surface area contributed by atoms with Crippen molar-refractivity contribution in [2.45, 2.75) is 143 Å². The molecule has 18 heteroatoms. The molecule has 5 amide bonds. The predicted molar refractivity (Wildman–Crippen MR) is 190 cm³/mol. The fraction of sp³-hybridized carbons (Fsp3) is 0.788. The Balaban J connectivity index is 6.44. The molecule has 0 aromatic carbocycles. The van der Waals surface area contributed by atoms with Crippen LogP contribution in [0.5, 0.6) is 0 Å². The average molecular weight is 731 g/mol. The Bertz CT molecular complexity index is 1200. The molecule has 0 aliphatic rings. The number of carboxylic acids is 1. The minimum absolute atomic E-state index is 0.00808. The van der Waals surface area contributed by atoms with E-state index in [1.54, 1.807) is 62.3 Å². The maximum atomic E-state index is 13.8. The molecule has 0 aliphatic heterocycles. The first-order valence-electron chi connectivity index (χ1n) is 17.3. The van der Waals surface area contributed by atoms with Gasteiger partial charge in [-0.1, -0.05) is 48.0 Å². The number of amides is 5. The molecule has 0 spiro atoms. The third-order valence-electron chi connectivity index (χ3n) is 7.74. The smallest absolute Gasteiger partial charge is 0.408 e. The van der Waals surface area contributed by atoms with Gasteiger partial charge in [0.2, 0.25) is 23.6 Å². The lowest BCUT2D eigenvalue weighted by Crippen LogP contribution is -2.61. The summed E-state index contributed by atoms with van der Waals surface area (Å²) in [6.07, 6.45) is -3.04. The number of aliphatic hydroxyl groups excluding tert-OH is 2. The van der Waals surface area contributed by atoms with Crippen LogP contribution in [-0.4, -0.2) is 112 Å². The second kappa shape index (κ2) is 21.9. The standard InChI is InChI=1S/C33H62N8O10/c1-11-18(6)22(28(46)40-23(19(7)42)30(48)49)39-26(44)20(13-12-14-36-31(34)35)37-27(45)21(15-16(2)3)38-29(47)24(25(43)17(4)5)41-32(50)51-33(8,9)10/h16-25,42-43H,11-15H2,1-10H3,(H,37,45)(H,38,47)(H,39,44)(H,40,46)(H,41,50)(H,48,49)(H4,34,35,36)/t18?,19-,20+,21-,22-,23-,24-,25+/m0/s1. The Labute approximate surface area is 300 Å². The molecular weight excluding hydrogens is 668 g/mol. The molecule has 0 radical (unpaired) electrons. The normalized spacial score (nSPS) is 16.3. The number of aliphatic hydroxyl groups is 2. The van der Waals surface area contributed by atoms with Crippen LogP contribution in [0.15, 0.2) is 4.99 Å². The maximum absolute atomic E-state index is 13.8. The number of nitrogens with two attached hydrogens (primary N) is 2. The zero-order chi connectivity index (χ0) is 39.8. The number of aliphatic carboxylic acids is 1. The van der Waals surface area contributed by atoms with Gasteiger partial charge in [0.1, 0.15) is 29.8 Å². The summed E-state index contributed by atoms with van der Waals surface area (Å²) in [6.45, 7) is 16.5. The molecule has 0 saturated carbocycles. The minimum atomic E-state index is -1.64. The molecule has 0 aromatic rings. The summed E-state index contributed by atoms with van der Waals surface area (Å²) < 4.78 is 5.26. The van der Waals surface area contributed by atoms with Gasteiger partial charge in [0.25, 0.3) is 0 Å². The van der Waals surface area contributed by atoms with E-state index in [0.29, 0.717) is 6.42 Å². The molecule has 0 bridgehead atoms. The van der Waals surface area contributed by atoms with Crippen LogP contribution in [0.3, 0.4) is 0 Å².